The summed E-state index contributed by atoms with van der Waals surface area (Å²) in [7, 11) is 0. The second kappa shape index (κ2) is 8.40. The number of carbonyl (C=O) groups is 1. The third kappa shape index (κ3) is 5.29. The van der Waals surface area contributed by atoms with E-state index in [1.54, 1.807) is 6.92 Å². The molecule has 0 aliphatic carbocycles. The van der Waals surface area contributed by atoms with Crippen LogP contribution in [0.2, 0.25) is 5.02 Å². The summed E-state index contributed by atoms with van der Waals surface area (Å²) in [6, 6.07) is 5.85. The molecular formula is C13H18ClNO2S. The number of ether oxygens (including phenoxy) is 1. The lowest BCUT2D eigenvalue weighted by Crippen LogP contribution is -2.12. The Labute approximate surface area is 117 Å². The summed E-state index contributed by atoms with van der Waals surface area (Å²) in [6.07, 6.45) is 0. The quantitative estimate of drug-likeness (QED) is 0.618. The predicted molar refractivity (Wildman–Crippen MR) is 76.2 cm³/mol. The Bertz CT molecular complexity index is 399. The normalized spacial score (nSPS) is 10.4. The molecule has 0 heterocycles. The maximum Gasteiger partial charge on any atom is 0.316 e. The first-order valence-corrected chi connectivity index (χ1v) is 7.31. The van der Waals surface area contributed by atoms with Crippen molar-refractivity contribution < 1.29 is 9.53 Å². The van der Waals surface area contributed by atoms with Gasteiger partial charge in [-0.1, -0.05) is 24.6 Å². The van der Waals surface area contributed by atoms with Gasteiger partial charge >= 0.3 is 5.97 Å². The number of nitrogens with one attached hydrogen (secondary N) is 1. The summed E-state index contributed by atoms with van der Waals surface area (Å²) in [6.45, 7) is 5.95. The minimum Gasteiger partial charge on any atom is -0.465 e. The van der Waals surface area contributed by atoms with Crippen LogP contribution >= 0.6 is 23.4 Å². The minimum absolute atomic E-state index is 0.199. The summed E-state index contributed by atoms with van der Waals surface area (Å²) in [4.78, 5) is 12.2. The van der Waals surface area contributed by atoms with Gasteiger partial charge in [-0.05, 0) is 31.2 Å². The summed E-state index contributed by atoms with van der Waals surface area (Å²) in [5.74, 6) is 0.117. The molecule has 0 spiro atoms. The lowest BCUT2D eigenvalue weighted by molar-refractivity contribution is -0.139. The Morgan fingerprint density at radius 1 is 1.44 bits per heavy atom. The fraction of sp³-hybridized carbons (Fsp3) is 0.462. The monoisotopic (exact) mass is 287 g/mol. The van der Waals surface area contributed by atoms with Gasteiger partial charge in [0.2, 0.25) is 0 Å². The van der Waals surface area contributed by atoms with Crippen LogP contribution in [-0.2, 0) is 16.1 Å². The van der Waals surface area contributed by atoms with Crippen molar-refractivity contribution in [2.24, 2.45) is 0 Å². The van der Waals surface area contributed by atoms with Crippen molar-refractivity contribution in [3.63, 3.8) is 0 Å². The van der Waals surface area contributed by atoms with E-state index >= 15 is 0 Å². The maximum absolute atomic E-state index is 11.2. The van der Waals surface area contributed by atoms with Crippen molar-refractivity contribution in [2.75, 3.05) is 18.9 Å². The first kappa shape index (κ1) is 15.3. The Balaban J connectivity index is 2.53. The highest BCUT2D eigenvalue weighted by molar-refractivity contribution is 8.00. The van der Waals surface area contributed by atoms with Crippen LogP contribution in [0, 0.1) is 0 Å². The molecule has 1 aromatic carbocycles. The topological polar surface area (TPSA) is 38.3 Å². The Morgan fingerprint density at radius 2 is 2.22 bits per heavy atom. The van der Waals surface area contributed by atoms with Crippen molar-refractivity contribution in [1.82, 2.24) is 5.32 Å². The first-order valence-electron chi connectivity index (χ1n) is 5.95. The standard InChI is InChI=1S/C13H18ClNO2S/c1-3-15-8-10-5-6-11(7-12(10)14)18-9-13(16)17-4-2/h5-7,15H,3-4,8-9H2,1-2H3. The summed E-state index contributed by atoms with van der Waals surface area (Å²) >= 11 is 7.61. The molecule has 18 heavy (non-hydrogen) atoms. The molecule has 1 aromatic rings. The molecule has 100 valence electrons. The minimum atomic E-state index is -0.199. The number of thioether (sulfide) groups is 1. The van der Waals surface area contributed by atoms with Gasteiger partial charge in [-0.2, -0.15) is 0 Å². The first-order chi connectivity index (χ1) is 8.67. The van der Waals surface area contributed by atoms with E-state index in [0.29, 0.717) is 12.4 Å². The molecule has 0 radical (unpaired) electrons. The van der Waals surface area contributed by atoms with E-state index in [1.165, 1.54) is 11.8 Å². The van der Waals surface area contributed by atoms with Crippen LogP contribution in [0.15, 0.2) is 23.1 Å². The number of hydrogen-bond acceptors (Lipinski definition) is 4. The molecule has 0 atom stereocenters. The fourth-order valence-electron chi connectivity index (χ4n) is 1.37. The number of benzene rings is 1. The summed E-state index contributed by atoms with van der Waals surface area (Å²) in [5, 5.41) is 3.95. The largest absolute Gasteiger partial charge is 0.465 e. The smallest absolute Gasteiger partial charge is 0.316 e. The third-order valence-corrected chi connectivity index (χ3v) is 3.57. The van der Waals surface area contributed by atoms with Crippen molar-refractivity contribution in [3.8, 4) is 0 Å². The van der Waals surface area contributed by atoms with Crippen LogP contribution in [0.4, 0.5) is 0 Å². The zero-order valence-corrected chi connectivity index (χ0v) is 12.2. The van der Waals surface area contributed by atoms with Gasteiger partial charge in [0.15, 0.2) is 0 Å². The molecule has 0 saturated carbocycles. The molecule has 1 N–H and O–H groups in total. The molecule has 0 aromatic heterocycles. The van der Waals surface area contributed by atoms with E-state index in [9.17, 15) is 4.79 Å². The van der Waals surface area contributed by atoms with Crippen LogP contribution in [0.1, 0.15) is 19.4 Å². The molecule has 3 nitrogen and oxygen atoms in total. The Kier molecular flexibility index (Phi) is 7.16. The van der Waals surface area contributed by atoms with E-state index in [-0.39, 0.29) is 5.97 Å². The highest BCUT2D eigenvalue weighted by Gasteiger charge is 2.05. The van der Waals surface area contributed by atoms with Gasteiger partial charge in [0.25, 0.3) is 0 Å². The van der Waals surface area contributed by atoms with E-state index in [2.05, 4.69) is 12.2 Å². The van der Waals surface area contributed by atoms with E-state index < -0.39 is 0 Å². The van der Waals surface area contributed by atoms with Crippen molar-refractivity contribution in [1.29, 1.82) is 0 Å². The lowest BCUT2D eigenvalue weighted by Gasteiger charge is -2.07. The molecule has 0 aliphatic rings. The highest BCUT2D eigenvalue weighted by atomic mass is 35.5. The van der Waals surface area contributed by atoms with E-state index in [0.717, 1.165) is 28.6 Å². The van der Waals surface area contributed by atoms with Gasteiger partial charge in [0.05, 0.1) is 12.4 Å². The lowest BCUT2D eigenvalue weighted by atomic mass is 10.2. The zero-order chi connectivity index (χ0) is 13.4. The van der Waals surface area contributed by atoms with Crippen LogP contribution in [-0.4, -0.2) is 24.9 Å². The van der Waals surface area contributed by atoms with Gasteiger partial charge < -0.3 is 10.1 Å². The van der Waals surface area contributed by atoms with Crippen LogP contribution < -0.4 is 5.32 Å². The van der Waals surface area contributed by atoms with Crippen molar-refractivity contribution >= 4 is 29.3 Å². The average molecular weight is 288 g/mol. The molecule has 0 amide bonds. The van der Waals surface area contributed by atoms with Gasteiger partial charge in [-0.15, -0.1) is 11.8 Å². The second-order valence-corrected chi connectivity index (χ2v) is 5.08. The van der Waals surface area contributed by atoms with Crippen LogP contribution in [0.25, 0.3) is 0 Å². The van der Waals surface area contributed by atoms with E-state index in [1.807, 2.05) is 18.2 Å². The SMILES string of the molecule is CCNCc1ccc(SCC(=O)OCC)cc1Cl. The second-order valence-electron chi connectivity index (χ2n) is 3.63. The highest BCUT2D eigenvalue weighted by Crippen LogP contribution is 2.25. The van der Waals surface area contributed by atoms with Crippen LogP contribution in [0.3, 0.4) is 0 Å². The summed E-state index contributed by atoms with van der Waals surface area (Å²) < 4.78 is 4.87. The van der Waals surface area contributed by atoms with Crippen molar-refractivity contribution in [2.45, 2.75) is 25.3 Å². The molecule has 0 unspecified atom stereocenters. The molecule has 0 fully saturated rings. The molecule has 0 bridgehead atoms. The number of halogens is 1. The molecule has 1 rings (SSSR count). The van der Waals surface area contributed by atoms with E-state index in [4.69, 9.17) is 16.3 Å². The maximum atomic E-state index is 11.2. The average Bonchev–Trinajstić information content (AvgIpc) is 2.35. The summed E-state index contributed by atoms with van der Waals surface area (Å²) in [5.41, 5.74) is 1.07. The molecule has 0 aliphatic heterocycles. The zero-order valence-electron chi connectivity index (χ0n) is 10.7. The molecule has 0 saturated heterocycles. The molecular weight excluding hydrogens is 270 g/mol. The van der Waals surface area contributed by atoms with Gasteiger partial charge in [0, 0.05) is 16.5 Å². The van der Waals surface area contributed by atoms with Crippen LogP contribution in [0.5, 0.6) is 0 Å². The number of rotatable bonds is 7. The Hall–Kier alpha value is -0.710. The number of hydrogen-bond donors (Lipinski definition) is 1. The third-order valence-electron chi connectivity index (χ3n) is 2.25. The van der Waals surface area contributed by atoms with Gasteiger partial charge in [0.1, 0.15) is 0 Å². The Morgan fingerprint density at radius 3 is 2.83 bits per heavy atom. The fourth-order valence-corrected chi connectivity index (χ4v) is 2.41. The van der Waals surface area contributed by atoms with Gasteiger partial charge in [-0.25, -0.2) is 0 Å². The van der Waals surface area contributed by atoms with Crippen molar-refractivity contribution in [3.05, 3.63) is 28.8 Å². The number of esters is 1. The number of carbonyl (C=O) groups excluding carboxylic acids is 1. The molecule has 5 heteroatoms. The van der Waals surface area contributed by atoms with Gasteiger partial charge in [-0.3, -0.25) is 4.79 Å². The predicted octanol–water partition coefficient (Wildman–Crippen LogP) is 3.10.